The van der Waals surface area contributed by atoms with E-state index in [4.69, 9.17) is 18.9 Å². The first kappa shape index (κ1) is 34.4. The summed E-state index contributed by atoms with van der Waals surface area (Å²) in [5.41, 5.74) is 0.577. The van der Waals surface area contributed by atoms with Crippen LogP contribution in [-0.4, -0.2) is 52.9 Å². The van der Waals surface area contributed by atoms with Crippen LogP contribution in [0.2, 0.25) is 0 Å². The van der Waals surface area contributed by atoms with Gasteiger partial charge in [0.2, 0.25) is 0 Å². The second-order valence-electron chi connectivity index (χ2n) is 12.9. The van der Waals surface area contributed by atoms with Crippen molar-refractivity contribution in [1.29, 1.82) is 0 Å². The lowest BCUT2D eigenvalue weighted by Gasteiger charge is -2.44. The quantitative estimate of drug-likeness (QED) is 0.275. The van der Waals surface area contributed by atoms with Crippen LogP contribution in [0.15, 0.2) is 36.4 Å². The van der Waals surface area contributed by atoms with Gasteiger partial charge in [0.1, 0.15) is 17.0 Å². The Morgan fingerprint density at radius 1 is 0.837 bits per heavy atom. The molecule has 1 aliphatic heterocycles. The fraction of sp³-hybridized carbons (Fsp3) is 0.545. The summed E-state index contributed by atoms with van der Waals surface area (Å²) in [6, 6.07) is 10.1. The summed E-state index contributed by atoms with van der Waals surface area (Å²) >= 11 is 1.18. The molecule has 1 fully saturated rings. The third kappa shape index (κ3) is 8.29. The number of rotatable bonds is 7. The number of hydrogen-bond donors (Lipinski definition) is 1. The summed E-state index contributed by atoms with van der Waals surface area (Å²) in [6.07, 6.45) is -4.19. The molecule has 0 amide bonds. The number of carbonyl (C=O) groups is 3. The molecule has 43 heavy (non-hydrogen) atoms. The zero-order valence-electron chi connectivity index (χ0n) is 26.5. The largest absolute Gasteiger partial charge is 0.507 e. The van der Waals surface area contributed by atoms with Gasteiger partial charge in [0, 0.05) is 26.3 Å². The molecule has 1 N–H and O–H groups in total. The molecule has 0 saturated carbocycles. The predicted molar refractivity (Wildman–Crippen MR) is 162 cm³/mol. The van der Waals surface area contributed by atoms with Crippen LogP contribution in [0.25, 0.3) is 0 Å². The summed E-state index contributed by atoms with van der Waals surface area (Å²) in [6.45, 7) is 17.2. The Morgan fingerprint density at radius 2 is 1.30 bits per heavy atom. The lowest BCUT2D eigenvalue weighted by molar-refractivity contribution is -0.229. The molecule has 0 aromatic heterocycles. The highest BCUT2D eigenvalue weighted by Crippen LogP contribution is 2.48. The molecule has 1 aliphatic rings. The topological polar surface area (TPSA) is 108 Å². The minimum absolute atomic E-state index is 0.181. The summed E-state index contributed by atoms with van der Waals surface area (Å²) in [7, 11) is 0. The molecular weight excluding hydrogens is 575 g/mol. The highest BCUT2D eigenvalue weighted by Gasteiger charge is 2.51. The van der Waals surface area contributed by atoms with E-state index < -0.39 is 69.7 Å². The molecular formula is C33H43FO8S. The monoisotopic (exact) mass is 618 g/mol. The Kier molecular flexibility index (Phi) is 10.6. The molecule has 0 aliphatic carbocycles. The average Bonchev–Trinajstić information content (AvgIpc) is 2.85. The van der Waals surface area contributed by atoms with Crippen molar-refractivity contribution in [2.45, 2.75) is 115 Å². The Balaban J connectivity index is 2.25. The van der Waals surface area contributed by atoms with E-state index in [1.54, 1.807) is 25.1 Å². The van der Waals surface area contributed by atoms with Crippen LogP contribution in [0.5, 0.6) is 5.75 Å². The van der Waals surface area contributed by atoms with Gasteiger partial charge in [-0.05, 0) is 40.5 Å². The zero-order chi connectivity index (χ0) is 32.4. The minimum atomic E-state index is -1.19. The van der Waals surface area contributed by atoms with Crippen molar-refractivity contribution in [2.75, 3.05) is 0 Å². The maximum absolute atomic E-state index is 15.6. The van der Waals surface area contributed by atoms with Gasteiger partial charge in [-0.1, -0.05) is 71.9 Å². The molecule has 1 heterocycles. The molecule has 8 nitrogen and oxygen atoms in total. The number of esters is 3. The van der Waals surface area contributed by atoms with Gasteiger partial charge in [0.15, 0.2) is 18.3 Å². The number of phenolic OH excluding ortho intramolecular Hbond substituents is 1. The first-order valence-electron chi connectivity index (χ1n) is 14.3. The number of aromatic hydroxyl groups is 1. The molecule has 2 aromatic carbocycles. The van der Waals surface area contributed by atoms with Crippen LogP contribution in [-0.2, 0) is 44.2 Å². The highest BCUT2D eigenvalue weighted by atomic mass is 32.2. The van der Waals surface area contributed by atoms with Gasteiger partial charge in [-0.2, -0.15) is 0 Å². The van der Waals surface area contributed by atoms with Gasteiger partial charge in [0.05, 0.1) is 11.4 Å². The lowest BCUT2D eigenvalue weighted by atomic mass is 9.78. The van der Waals surface area contributed by atoms with E-state index in [2.05, 4.69) is 0 Å². The van der Waals surface area contributed by atoms with Crippen LogP contribution in [0, 0.1) is 5.82 Å². The lowest BCUT2D eigenvalue weighted by Crippen LogP contribution is -2.59. The first-order chi connectivity index (χ1) is 19.8. The van der Waals surface area contributed by atoms with Crippen molar-refractivity contribution < 1.29 is 42.8 Å². The second-order valence-corrected chi connectivity index (χ2v) is 14.1. The number of halogens is 1. The van der Waals surface area contributed by atoms with E-state index in [0.29, 0.717) is 22.3 Å². The molecule has 3 rings (SSSR count). The van der Waals surface area contributed by atoms with Crippen molar-refractivity contribution in [1.82, 2.24) is 0 Å². The molecule has 1 saturated heterocycles. The Bertz CT molecular complexity index is 1310. The maximum atomic E-state index is 15.6. The third-order valence-electron chi connectivity index (χ3n) is 7.14. The Hall–Kier alpha value is -3.11. The number of benzene rings is 2. The number of ether oxygens (including phenoxy) is 4. The smallest absolute Gasteiger partial charge is 0.303 e. The second kappa shape index (κ2) is 13.3. The number of carbonyl (C=O) groups excluding carboxylic acids is 3. The van der Waals surface area contributed by atoms with Crippen LogP contribution >= 0.6 is 11.8 Å². The van der Waals surface area contributed by atoms with E-state index in [9.17, 15) is 19.5 Å². The number of hydrogen-bond acceptors (Lipinski definition) is 9. The number of thioether (sulfide) groups is 1. The van der Waals surface area contributed by atoms with E-state index in [-0.39, 0.29) is 5.75 Å². The standard InChI is InChI=1S/C33H43FO8S/c1-17-27(40-18(2)35)28(41-19(3)36)29(42-20(4)37)31(39-17)43-30(22-13-11-12-14-25(22)34)21-15-23(32(5,6)7)26(38)24(16-21)33(8,9)10/h11-17,27-31,38H,1-10H3/t17?,27-,28?,29?,30-,31-/m0/s1. The Morgan fingerprint density at radius 3 is 1.77 bits per heavy atom. The van der Waals surface area contributed by atoms with Crippen molar-refractivity contribution in [3.8, 4) is 5.75 Å². The van der Waals surface area contributed by atoms with Gasteiger partial charge < -0.3 is 24.1 Å². The van der Waals surface area contributed by atoms with E-state index >= 15 is 4.39 Å². The molecule has 3 unspecified atom stereocenters. The summed E-state index contributed by atoms with van der Waals surface area (Å²) in [5.74, 6) is -2.22. The highest BCUT2D eigenvalue weighted by molar-refractivity contribution is 8.00. The first-order valence-corrected chi connectivity index (χ1v) is 15.2. The zero-order valence-corrected chi connectivity index (χ0v) is 27.3. The molecule has 2 aromatic rings. The number of phenols is 1. The van der Waals surface area contributed by atoms with E-state index in [1.165, 1.54) is 38.6 Å². The maximum Gasteiger partial charge on any atom is 0.303 e. The van der Waals surface area contributed by atoms with Gasteiger partial charge in [-0.15, -0.1) is 11.8 Å². The fourth-order valence-corrected chi connectivity index (χ4v) is 6.69. The van der Waals surface area contributed by atoms with Crippen molar-refractivity contribution >= 4 is 29.7 Å². The van der Waals surface area contributed by atoms with Gasteiger partial charge in [-0.25, -0.2) is 4.39 Å². The molecule has 0 radical (unpaired) electrons. The van der Waals surface area contributed by atoms with Crippen molar-refractivity contribution in [2.24, 2.45) is 0 Å². The van der Waals surface area contributed by atoms with Crippen molar-refractivity contribution in [3.05, 3.63) is 64.5 Å². The van der Waals surface area contributed by atoms with Crippen LogP contribution in [0.1, 0.15) is 96.7 Å². The third-order valence-corrected chi connectivity index (χ3v) is 8.59. The SMILES string of the molecule is CC(=O)OC1C(OC(C)=O)[C@H](S[C@@H](c2cc(C(C)(C)C)c(O)c(C(C)(C)C)c2)c2ccccc2F)OC(C)[C@@H]1OC(C)=O. The summed E-state index contributed by atoms with van der Waals surface area (Å²) in [4.78, 5) is 36.4. The summed E-state index contributed by atoms with van der Waals surface area (Å²) in [5, 5.41) is 10.6. The van der Waals surface area contributed by atoms with E-state index in [1.807, 2.05) is 53.7 Å². The van der Waals surface area contributed by atoms with Gasteiger partial charge >= 0.3 is 17.9 Å². The predicted octanol–water partition coefficient (Wildman–Crippen LogP) is 6.49. The van der Waals surface area contributed by atoms with Gasteiger partial charge in [-0.3, -0.25) is 14.4 Å². The minimum Gasteiger partial charge on any atom is -0.507 e. The van der Waals surface area contributed by atoms with E-state index in [0.717, 1.165) is 0 Å². The molecule has 6 atom stereocenters. The van der Waals surface area contributed by atoms with Crippen molar-refractivity contribution in [3.63, 3.8) is 0 Å². The molecule has 0 bridgehead atoms. The normalized spacial score (nSPS) is 23.3. The van der Waals surface area contributed by atoms with Crippen LogP contribution in [0.3, 0.4) is 0 Å². The fourth-order valence-electron chi connectivity index (χ4n) is 5.18. The van der Waals surface area contributed by atoms with Gasteiger partial charge in [0.25, 0.3) is 0 Å². The molecule has 10 heteroatoms. The molecule has 0 spiro atoms. The van der Waals surface area contributed by atoms with Crippen LogP contribution in [0.4, 0.5) is 4.39 Å². The summed E-state index contributed by atoms with van der Waals surface area (Å²) < 4.78 is 38.6. The Labute approximate surface area is 257 Å². The molecule has 236 valence electrons. The van der Waals surface area contributed by atoms with Crippen LogP contribution < -0.4 is 0 Å². The average molecular weight is 619 g/mol.